The number of pyridine rings is 1. The smallest absolute Gasteiger partial charge is 0.239 e. The topological polar surface area (TPSA) is 82.3 Å². The molecule has 0 spiro atoms. The van der Waals surface area contributed by atoms with Gasteiger partial charge in [0.05, 0.1) is 6.20 Å². The fourth-order valence-corrected chi connectivity index (χ4v) is 2.25. The predicted molar refractivity (Wildman–Crippen MR) is 76.6 cm³/mol. The number of hydrogen-bond donors (Lipinski definition) is 1. The third-order valence-corrected chi connectivity index (χ3v) is 4.16. The van der Waals surface area contributed by atoms with Gasteiger partial charge in [-0.15, -0.1) is 0 Å². The summed E-state index contributed by atoms with van der Waals surface area (Å²) in [7, 11) is -3.75. The molecule has 1 aromatic heterocycles. The lowest BCUT2D eigenvalue weighted by Crippen LogP contribution is -2.12. The summed E-state index contributed by atoms with van der Waals surface area (Å²) in [6.45, 7) is 3.75. The maximum absolute atomic E-state index is 11.1. The maximum atomic E-state index is 11.1. The van der Waals surface area contributed by atoms with Gasteiger partial charge < -0.3 is 4.74 Å². The third-order valence-electron chi connectivity index (χ3n) is 2.67. The van der Waals surface area contributed by atoms with Crippen molar-refractivity contribution < 1.29 is 13.2 Å². The first-order chi connectivity index (χ1) is 9.27. The summed E-state index contributed by atoms with van der Waals surface area (Å²) in [6, 6.07) is 6.35. The van der Waals surface area contributed by atoms with Gasteiger partial charge in [0.2, 0.25) is 15.9 Å². The highest BCUT2D eigenvalue weighted by atomic mass is 35.5. The van der Waals surface area contributed by atoms with E-state index >= 15 is 0 Å². The number of hydrogen-bond acceptors (Lipinski definition) is 4. The lowest BCUT2D eigenvalue weighted by molar-refractivity contribution is 0.461. The molecule has 2 aromatic rings. The Kier molecular flexibility index (Phi) is 3.99. The lowest BCUT2D eigenvalue weighted by atomic mass is 10.1. The first-order valence-corrected chi connectivity index (χ1v) is 7.63. The molecule has 0 aliphatic carbocycles. The monoisotopic (exact) mass is 312 g/mol. The zero-order chi connectivity index (χ0) is 14.9. The third kappa shape index (κ3) is 3.27. The van der Waals surface area contributed by atoms with Gasteiger partial charge in [0.15, 0.2) is 0 Å². The van der Waals surface area contributed by atoms with Crippen molar-refractivity contribution in [2.24, 2.45) is 5.14 Å². The number of sulfonamides is 1. The molecule has 0 radical (unpaired) electrons. The van der Waals surface area contributed by atoms with Crippen molar-refractivity contribution in [3.05, 3.63) is 46.6 Å². The fraction of sp³-hybridized carbons (Fsp3) is 0.154. The summed E-state index contributed by atoms with van der Waals surface area (Å²) in [6.07, 6.45) is 1.15. The Labute approximate surface area is 122 Å². The number of nitrogens with two attached hydrogens (primary N) is 1. The molecule has 0 unspecified atom stereocenters. The summed E-state index contributed by atoms with van der Waals surface area (Å²) >= 11 is 6.07. The first kappa shape index (κ1) is 14.8. The van der Waals surface area contributed by atoms with E-state index in [1.165, 1.54) is 12.1 Å². The summed E-state index contributed by atoms with van der Waals surface area (Å²) in [5.41, 5.74) is 1.78. The number of benzene rings is 1. The van der Waals surface area contributed by atoms with Crippen LogP contribution >= 0.6 is 11.6 Å². The molecule has 0 saturated carbocycles. The number of aromatic nitrogens is 1. The van der Waals surface area contributed by atoms with E-state index in [0.29, 0.717) is 10.8 Å². The van der Waals surface area contributed by atoms with Crippen LogP contribution in [0.5, 0.6) is 11.6 Å². The second kappa shape index (κ2) is 5.40. The molecule has 2 rings (SSSR count). The van der Waals surface area contributed by atoms with Crippen LogP contribution in [0.15, 0.2) is 35.4 Å². The summed E-state index contributed by atoms with van der Waals surface area (Å²) in [5, 5.41) is 5.68. The van der Waals surface area contributed by atoms with Gasteiger partial charge >= 0.3 is 0 Å². The minimum atomic E-state index is -3.75. The Morgan fingerprint density at radius 1 is 1.20 bits per heavy atom. The Hall–Kier alpha value is -1.63. The fourth-order valence-electron chi connectivity index (χ4n) is 1.68. The highest BCUT2D eigenvalue weighted by molar-refractivity contribution is 7.89. The second-order valence-electron chi connectivity index (χ2n) is 4.35. The molecular weight excluding hydrogens is 300 g/mol. The Morgan fingerprint density at radius 2 is 1.80 bits per heavy atom. The van der Waals surface area contributed by atoms with Crippen molar-refractivity contribution in [2.45, 2.75) is 18.7 Å². The van der Waals surface area contributed by atoms with E-state index in [1.54, 1.807) is 12.1 Å². The summed E-state index contributed by atoms with van der Waals surface area (Å²) in [5.74, 6) is 0.860. The molecule has 7 heteroatoms. The Balaban J connectivity index is 2.27. The molecule has 106 valence electrons. The number of primary sulfonamides is 1. The molecule has 0 atom stereocenters. The van der Waals surface area contributed by atoms with Crippen LogP contribution in [-0.2, 0) is 10.0 Å². The maximum Gasteiger partial charge on any atom is 0.239 e. The zero-order valence-corrected chi connectivity index (χ0v) is 12.5. The van der Waals surface area contributed by atoms with E-state index in [1.807, 2.05) is 13.8 Å². The van der Waals surface area contributed by atoms with E-state index in [-0.39, 0.29) is 10.8 Å². The second-order valence-corrected chi connectivity index (χ2v) is 6.29. The van der Waals surface area contributed by atoms with Crippen LogP contribution in [0.1, 0.15) is 11.1 Å². The van der Waals surface area contributed by atoms with Gasteiger partial charge in [0.1, 0.15) is 10.6 Å². The number of rotatable bonds is 3. The number of ether oxygens (including phenoxy) is 1. The predicted octanol–water partition coefficient (Wildman–Crippen LogP) is 2.79. The van der Waals surface area contributed by atoms with Crippen molar-refractivity contribution in [1.82, 2.24) is 4.98 Å². The van der Waals surface area contributed by atoms with Gasteiger partial charge in [-0.1, -0.05) is 11.6 Å². The molecule has 1 heterocycles. The Bertz CT molecular complexity index is 720. The number of halogens is 1. The van der Waals surface area contributed by atoms with Crippen molar-refractivity contribution >= 4 is 21.6 Å². The van der Waals surface area contributed by atoms with E-state index in [4.69, 9.17) is 21.5 Å². The van der Waals surface area contributed by atoms with Crippen molar-refractivity contribution in [2.75, 3.05) is 0 Å². The molecule has 1 aromatic carbocycles. The molecule has 20 heavy (non-hydrogen) atoms. The molecule has 5 nitrogen and oxygen atoms in total. The SMILES string of the molecule is Cc1cc(Oc2ccc(S(N)(=O)=O)cn2)cc(C)c1Cl. The van der Waals surface area contributed by atoms with Crippen LogP contribution in [0.2, 0.25) is 5.02 Å². The lowest BCUT2D eigenvalue weighted by Gasteiger charge is -2.09. The van der Waals surface area contributed by atoms with Gasteiger partial charge in [-0.2, -0.15) is 0 Å². The molecule has 0 fully saturated rings. The Morgan fingerprint density at radius 3 is 2.25 bits per heavy atom. The van der Waals surface area contributed by atoms with Crippen LogP contribution in [0.3, 0.4) is 0 Å². The van der Waals surface area contributed by atoms with E-state index in [0.717, 1.165) is 17.3 Å². The average molecular weight is 313 g/mol. The van der Waals surface area contributed by atoms with Crippen LogP contribution in [0, 0.1) is 13.8 Å². The van der Waals surface area contributed by atoms with Crippen molar-refractivity contribution in [1.29, 1.82) is 0 Å². The van der Waals surface area contributed by atoms with Gasteiger partial charge in [-0.25, -0.2) is 18.5 Å². The molecule has 0 aliphatic heterocycles. The number of nitrogens with zero attached hydrogens (tertiary/aromatic N) is 1. The van der Waals surface area contributed by atoms with Crippen LogP contribution in [0.4, 0.5) is 0 Å². The molecule has 0 aliphatic rings. The minimum absolute atomic E-state index is 0.0617. The summed E-state index contributed by atoms with van der Waals surface area (Å²) < 4.78 is 27.8. The van der Waals surface area contributed by atoms with Crippen LogP contribution in [-0.4, -0.2) is 13.4 Å². The zero-order valence-electron chi connectivity index (χ0n) is 10.9. The van der Waals surface area contributed by atoms with E-state index in [9.17, 15) is 8.42 Å². The summed E-state index contributed by atoms with van der Waals surface area (Å²) in [4.78, 5) is 3.85. The van der Waals surface area contributed by atoms with Crippen molar-refractivity contribution in [3.8, 4) is 11.6 Å². The van der Waals surface area contributed by atoms with Gasteiger partial charge in [0.25, 0.3) is 0 Å². The highest BCUT2D eigenvalue weighted by Crippen LogP contribution is 2.28. The largest absolute Gasteiger partial charge is 0.439 e. The molecule has 0 bridgehead atoms. The molecular formula is C13H13ClN2O3S. The van der Waals surface area contributed by atoms with Gasteiger partial charge in [-0.3, -0.25) is 0 Å². The minimum Gasteiger partial charge on any atom is -0.439 e. The van der Waals surface area contributed by atoms with Crippen LogP contribution < -0.4 is 9.88 Å². The van der Waals surface area contributed by atoms with E-state index in [2.05, 4.69) is 4.98 Å². The normalized spacial score (nSPS) is 11.4. The van der Waals surface area contributed by atoms with Gasteiger partial charge in [-0.05, 0) is 43.2 Å². The first-order valence-electron chi connectivity index (χ1n) is 5.71. The molecule has 0 amide bonds. The molecule has 2 N–H and O–H groups in total. The quantitative estimate of drug-likeness (QED) is 0.944. The molecule has 0 saturated heterocycles. The van der Waals surface area contributed by atoms with Crippen LogP contribution in [0.25, 0.3) is 0 Å². The van der Waals surface area contributed by atoms with Crippen molar-refractivity contribution in [3.63, 3.8) is 0 Å². The highest BCUT2D eigenvalue weighted by Gasteiger charge is 2.09. The number of aryl methyl sites for hydroxylation is 2. The standard InChI is InChI=1S/C13H13ClN2O3S/c1-8-5-10(6-9(2)13(8)14)19-12-4-3-11(7-16-12)20(15,17)18/h3-7H,1-2H3,(H2,15,17,18). The average Bonchev–Trinajstić information content (AvgIpc) is 2.35. The van der Waals surface area contributed by atoms with Gasteiger partial charge in [0, 0.05) is 11.1 Å². The van der Waals surface area contributed by atoms with E-state index < -0.39 is 10.0 Å².